The van der Waals surface area contributed by atoms with Gasteiger partial charge in [0, 0.05) is 13.2 Å². The lowest BCUT2D eigenvalue weighted by Gasteiger charge is -1.99. The van der Waals surface area contributed by atoms with E-state index in [0.717, 1.165) is 0 Å². The Hall–Kier alpha value is -0.500. The number of nitrogens with two attached hydrogens (primary N) is 1. The smallest absolute Gasteiger partial charge is 0.0222 e. The normalized spacial score (nSPS) is 9.83. The molecule has 6 heavy (non-hydrogen) atoms. The second-order valence-corrected chi connectivity index (χ2v) is 1.15. The Bertz CT molecular complexity index is 47.5. The zero-order valence-corrected chi connectivity index (χ0v) is 4.18. The maximum Gasteiger partial charge on any atom is 0.0222 e. The molecule has 0 saturated heterocycles. The zero-order valence-electron chi connectivity index (χ0n) is 4.18. The first-order valence-electron chi connectivity index (χ1n) is 1.87. The highest BCUT2D eigenvalue weighted by Crippen LogP contribution is 1.67. The van der Waals surface area contributed by atoms with Gasteiger partial charge in [0.05, 0.1) is 0 Å². The van der Waals surface area contributed by atoms with Crippen LogP contribution in [0.1, 0.15) is 6.92 Å². The van der Waals surface area contributed by atoms with E-state index in [2.05, 4.69) is 0 Å². The van der Waals surface area contributed by atoms with Gasteiger partial charge in [0.25, 0.3) is 0 Å². The lowest BCUT2D eigenvalue weighted by Crippen LogP contribution is -2.17. The Morgan fingerprint density at radius 3 is 2.17 bits per heavy atom. The molecule has 0 aromatic rings. The largest absolute Gasteiger partial charge is 0.322 e. The van der Waals surface area contributed by atoms with Gasteiger partial charge in [-0.3, -0.25) is 0 Å². The Kier molecular flexibility index (Phi) is 2.50. The van der Waals surface area contributed by atoms with Gasteiger partial charge in [-0.25, -0.2) is 5.84 Å². The van der Waals surface area contributed by atoms with Crippen molar-refractivity contribution >= 4 is 0 Å². The fourth-order valence-electron chi connectivity index (χ4n) is 0.235. The molecule has 0 fully saturated rings. The van der Waals surface area contributed by atoms with Crippen molar-refractivity contribution in [3.63, 3.8) is 0 Å². The van der Waals surface area contributed by atoms with Crippen LogP contribution < -0.4 is 5.84 Å². The maximum atomic E-state index is 5.15. The molecule has 0 atom stereocenters. The maximum absolute atomic E-state index is 5.15. The standard InChI is InChI=1S/C4H10N2/c1-3-4-6(2)5/h3-4H,5H2,1-2H3/b4-3-. The van der Waals surface area contributed by atoms with E-state index in [1.54, 1.807) is 13.2 Å². The average molecular weight is 86.1 g/mol. The van der Waals surface area contributed by atoms with Crippen LogP contribution in [0.2, 0.25) is 0 Å². The van der Waals surface area contributed by atoms with Crippen LogP contribution >= 0.6 is 0 Å². The van der Waals surface area contributed by atoms with E-state index in [1.165, 1.54) is 5.01 Å². The van der Waals surface area contributed by atoms with Crippen molar-refractivity contribution in [3.05, 3.63) is 12.3 Å². The third-order valence-corrected chi connectivity index (χ3v) is 0.384. The van der Waals surface area contributed by atoms with Gasteiger partial charge in [0.1, 0.15) is 0 Å². The molecule has 0 saturated carbocycles. The number of rotatable bonds is 1. The molecule has 0 aliphatic rings. The molecule has 0 aromatic heterocycles. The van der Waals surface area contributed by atoms with E-state index < -0.39 is 0 Å². The van der Waals surface area contributed by atoms with Crippen molar-refractivity contribution in [1.82, 2.24) is 5.01 Å². The van der Waals surface area contributed by atoms with Crippen molar-refractivity contribution in [1.29, 1.82) is 0 Å². The minimum atomic E-state index is 1.50. The molecule has 0 aliphatic carbocycles. The quantitative estimate of drug-likeness (QED) is 0.368. The van der Waals surface area contributed by atoms with Crippen LogP contribution in [0.5, 0.6) is 0 Å². The summed E-state index contributed by atoms with van der Waals surface area (Å²) in [6, 6.07) is 0. The topological polar surface area (TPSA) is 29.3 Å². The predicted octanol–water partition coefficient (Wildman–Crippen LogP) is 0.326. The molecule has 0 rings (SSSR count). The molecular formula is C4H10N2. The first-order valence-corrected chi connectivity index (χ1v) is 1.87. The number of hydrogen-bond donors (Lipinski definition) is 1. The molecular weight excluding hydrogens is 76.1 g/mol. The van der Waals surface area contributed by atoms with E-state index in [0.29, 0.717) is 0 Å². The van der Waals surface area contributed by atoms with E-state index in [9.17, 15) is 0 Å². The minimum absolute atomic E-state index is 1.50. The van der Waals surface area contributed by atoms with Crippen LogP contribution in [0.15, 0.2) is 12.3 Å². The number of nitrogens with zero attached hydrogens (tertiary/aromatic N) is 1. The van der Waals surface area contributed by atoms with E-state index in [4.69, 9.17) is 5.84 Å². The van der Waals surface area contributed by atoms with Crippen molar-refractivity contribution < 1.29 is 0 Å². The third-order valence-electron chi connectivity index (χ3n) is 0.384. The van der Waals surface area contributed by atoms with Crippen LogP contribution in [0.25, 0.3) is 0 Å². The van der Waals surface area contributed by atoms with Crippen molar-refractivity contribution in [2.45, 2.75) is 6.92 Å². The second kappa shape index (κ2) is 2.72. The van der Waals surface area contributed by atoms with Gasteiger partial charge in [-0.15, -0.1) is 0 Å². The molecule has 0 heterocycles. The highest BCUT2D eigenvalue weighted by atomic mass is 15.4. The lowest BCUT2D eigenvalue weighted by atomic mass is 10.7. The summed E-state index contributed by atoms with van der Waals surface area (Å²) in [5, 5.41) is 1.50. The lowest BCUT2D eigenvalue weighted by molar-refractivity contribution is 0.484. The van der Waals surface area contributed by atoms with Crippen LogP contribution in [-0.2, 0) is 0 Å². The van der Waals surface area contributed by atoms with E-state index >= 15 is 0 Å². The third kappa shape index (κ3) is 3.50. The highest BCUT2D eigenvalue weighted by Gasteiger charge is 1.65. The fourth-order valence-corrected chi connectivity index (χ4v) is 0.235. The van der Waals surface area contributed by atoms with E-state index in [1.807, 2.05) is 13.0 Å². The molecule has 0 radical (unpaired) electrons. The van der Waals surface area contributed by atoms with Crippen molar-refractivity contribution in [3.8, 4) is 0 Å². The first-order chi connectivity index (χ1) is 2.77. The number of hydrazine groups is 1. The second-order valence-electron chi connectivity index (χ2n) is 1.15. The zero-order chi connectivity index (χ0) is 4.99. The van der Waals surface area contributed by atoms with Crippen molar-refractivity contribution in [2.24, 2.45) is 5.84 Å². The van der Waals surface area contributed by atoms with Gasteiger partial charge in [-0.05, 0) is 6.92 Å². The van der Waals surface area contributed by atoms with Crippen molar-refractivity contribution in [2.75, 3.05) is 7.05 Å². The summed E-state index contributed by atoms with van der Waals surface area (Å²) >= 11 is 0. The number of hydrogen-bond acceptors (Lipinski definition) is 2. The molecule has 2 N–H and O–H groups in total. The summed E-state index contributed by atoms with van der Waals surface area (Å²) in [7, 11) is 1.78. The van der Waals surface area contributed by atoms with Gasteiger partial charge < -0.3 is 5.01 Å². The minimum Gasteiger partial charge on any atom is -0.322 e. The van der Waals surface area contributed by atoms with Gasteiger partial charge in [-0.1, -0.05) is 6.08 Å². The molecule has 0 unspecified atom stereocenters. The summed E-state index contributed by atoms with van der Waals surface area (Å²) in [5.74, 6) is 5.15. The van der Waals surface area contributed by atoms with Crippen LogP contribution in [-0.4, -0.2) is 12.1 Å². The first kappa shape index (κ1) is 5.50. The SMILES string of the molecule is C/C=C\N(C)N. The van der Waals surface area contributed by atoms with Gasteiger partial charge >= 0.3 is 0 Å². The molecule has 0 aromatic carbocycles. The molecule has 36 valence electrons. The molecule has 0 bridgehead atoms. The van der Waals surface area contributed by atoms with Crippen LogP contribution in [0, 0.1) is 0 Å². The summed E-state index contributed by atoms with van der Waals surface area (Å²) in [6.07, 6.45) is 3.65. The molecule has 0 amide bonds. The number of allylic oxidation sites excluding steroid dienone is 1. The average Bonchev–Trinajstić information content (AvgIpc) is 1.35. The van der Waals surface area contributed by atoms with Gasteiger partial charge in [-0.2, -0.15) is 0 Å². The molecule has 0 aliphatic heterocycles. The fraction of sp³-hybridized carbons (Fsp3) is 0.500. The Morgan fingerprint density at radius 1 is 1.67 bits per heavy atom. The summed E-state index contributed by atoms with van der Waals surface area (Å²) in [5.41, 5.74) is 0. The van der Waals surface area contributed by atoms with Gasteiger partial charge in [0.2, 0.25) is 0 Å². The predicted molar refractivity (Wildman–Crippen MR) is 26.8 cm³/mol. The summed E-state index contributed by atoms with van der Waals surface area (Å²) in [4.78, 5) is 0. The summed E-state index contributed by atoms with van der Waals surface area (Å²) < 4.78 is 0. The van der Waals surface area contributed by atoms with Gasteiger partial charge in [0.15, 0.2) is 0 Å². The van der Waals surface area contributed by atoms with Crippen LogP contribution in [0.3, 0.4) is 0 Å². The highest BCUT2D eigenvalue weighted by molar-refractivity contribution is 4.71. The molecule has 2 heteroatoms. The Labute approximate surface area is 38.2 Å². The molecule has 0 spiro atoms. The van der Waals surface area contributed by atoms with Crippen LogP contribution in [0.4, 0.5) is 0 Å². The monoisotopic (exact) mass is 86.1 g/mol. The summed E-state index contributed by atoms with van der Waals surface area (Å²) in [6.45, 7) is 1.92. The van der Waals surface area contributed by atoms with E-state index in [-0.39, 0.29) is 0 Å². The Morgan fingerprint density at radius 2 is 2.17 bits per heavy atom. The Balaban J connectivity index is 3.03. The molecule has 2 nitrogen and oxygen atoms in total.